The summed E-state index contributed by atoms with van der Waals surface area (Å²) < 4.78 is 5.74. The smallest absolute Gasteiger partial charge is 0.290 e. The highest BCUT2D eigenvalue weighted by atomic mass is 16.5. The first kappa shape index (κ1) is 17.1. The zero-order valence-corrected chi connectivity index (χ0v) is 14.9. The quantitative estimate of drug-likeness (QED) is 0.669. The lowest BCUT2D eigenvalue weighted by molar-refractivity contribution is -0.132. The molecule has 6 nitrogen and oxygen atoms in total. The van der Waals surface area contributed by atoms with Crippen LogP contribution in [0, 0.1) is 6.92 Å². The third kappa shape index (κ3) is 2.49. The van der Waals surface area contributed by atoms with Crippen LogP contribution in [0.4, 0.5) is 5.69 Å². The van der Waals surface area contributed by atoms with Crippen molar-refractivity contribution in [3.8, 4) is 0 Å². The molecule has 0 spiro atoms. The summed E-state index contributed by atoms with van der Waals surface area (Å²) in [6, 6.07) is 7.57. The van der Waals surface area contributed by atoms with Gasteiger partial charge in [-0.1, -0.05) is 30.6 Å². The molecule has 1 aromatic heterocycles. The van der Waals surface area contributed by atoms with E-state index in [-0.39, 0.29) is 0 Å². The molecule has 0 bridgehead atoms. The molecule has 3 rings (SSSR count). The largest absolute Gasteiger partial charge is 0.363 e. The molecule has 25 heavy (non-hydrogen) atoms. The van der Waals surface area contributed by atoms with E-state index in [1.807, 2.05) is 45.3 Å². The Balaban J connectivity index is 2.38. The van der Waals surface area contributed by atoms with Crippen LogP contribution in [-0.4, -0.2) is 30.9 Å². The number of hydrogen-bond donors (Lipinski definition) is 1. The van der Waals surface area contributed by atoms with Gasteiger partial charge < -0.3 is 10.3 Å². The normalized spacial score (nSPS) is 15.4. The van der Waals surface area contributed by atoms with Crippen molar-refractivity contribution in [1.82, 2.24) is 9.64 Å². The van der Waals surface area contributed by atoms with E-state index in [2.05, 4.69) is 12.1 Å². The Bertz CT molecular complexity index is 906. The minimum absolute atomic E-state index is 0.323. The van der Waals surface area contributed by atoms with Crippen LogP contribution >= 0.6 is 0 Å². The molecular weight excluding hydrogens is 318 g/mol. The zero-order chi connectivity index (χ0) is 18.4. The van der Waals surface area contributed by atoms with Crippen LogP contribution in [0.5, 0.6) is 0 Å². The lowest BCUT2D eigenvalue weighted by Crippen LogP contribution is -2.37. The molecule has 0 radical (unpaired) electrons. The maximum Gasteiger partial charge on any atom is 0.290 e. The Labute approximate surface area is 146 Å². The number of carbonyl (C=O) groups is 2. The van der Waals surface area contributed by atoms with E-state index >= 15 is 0 Å². The number of Topliss-reactive ketones (excluding diaryl/α,β-unsaturated/α-hetero) is 1. The molecule has 2 heterocycles. The third-order valence-electron chi connectivity index (χ3n) is 4.68. The van der Waals surface area contributed by atoms with Crippen molar-refractivity contribution in [3.63, 3.8) is 0 Å². The van der Waals surface area contributed by atoms with Gasteiger partial charge in [0.25, 0.3) is 11.7 Å². The summed E-state index contributed by atoms with van der Waals surface area (Å²) in [6.45, 7) is 3.88. The average Bonchev–Trinajstić information content (AvgIpc) is 3.02. The van der Waals surface area contributed by atoms with Crippen molar-refractivity contribution in [2.45, 2.75) is 26.7 Å². The van der Waals surface area contributed by atoms with E-state index in [1.54, 1.807) is 0 Å². The van der Waals surface area contributed by atoms with Crippen molar-refractivity contribution >= 4 is 28.6 Å². The number of nitrogens with two attached hydrogens (primary N) is 1. The summed E-state index contributed by atoms with van der Waals surface area (Å²) in [5.74, 6) is -1.02. The van der Waals surface area contributed by atoms with Gasteiger partial charge in [0.2, 0.25) is 0 Å². The summed E-state index contributed by atoms with van der Waals surface area (Å²) in [4.78, 5) is 24.4. The first-order valence-electron chi connectivity index (χ1n) is 8.29. The molecule has 130 valence electrons. The fourth-order valence-corrected chi connectivity index (χ4v) is 3.59. The maximum atomic E-state index is 12.7. The van der Waals surface area contributed by atoms with Gasteiger partial charge in [-0.15, -0.1) is 0 Å². The Morgan fingerprint density at radius 2 is 1.92 bits per heavy atom. The van der Waals surface area contributed by atoms with Gasteiger partial charge in [0, 0.05) is 6.07 Å². The molecule has 0 saturated heterocycles. The molecular formula is C19H22N3O3+. The Morgan fingerprint density at radius 1 is 1.24 bits per heavy atom. The lowest BCUT2D eigenvalue weighted by atomic mass is 9.96. The van der Waals surface area contributed by atoms with Crippen molar-refractivity contribution in [2.75, 3.05) is 14.1 Å². The van der Waals surface area contributed by atoms with Gasteiger partial charge in [0.15, 0.2) is 5.70 Å². The lowest BCUT2D eigenvalue weighted by Gasteiger charge is -2.27. The van der Waals surface area contributed by atoms with Gasteiger partial charge in [0.1, 0.15) is 22.6 Å². The van der Waals surface area contributed by atoms with E-state index < -0.39 is 11.7 Å². The number of aromatic nitrogens is 1. The number of para-hydroxylation sites is 1. The Kier molecular flexibility index (Phi) is 4.08. The minimum atomic E-state index is -0.963. The van der Waals surface area contributed by atoms with E-state index in [4.69, 9.17) is 10.3 Å². The SMILES string of the molecule is CCCc1noc(C)c1C1=C(C(=O)C(N)=O)c2ccccc2[N+]1(C)C. The number of aryl methyl sites for hydroxylation is 2. The topological polar surface area (TPSA) is 86.2 Å². The number of amides is 1. The van der Waals surface area contributed by atoms with Crippen LogP contribution in [0.1, 0.15) is 35.9 Å². The summed E-state index contributed by atoms with van der Waals surface area (Å²) in [5, 5.41) is 4.17. The zero-order valence-electron chi connectivity index (χ0n) is 14.9. The molecule has 0 saturated carbocycles. The van der Waals surface area contributed by atoms with E-state index in [0.29, 0.717) is 21.5 Å². The molecule has 2 N–H and O–H groups in total. The predicted molar refractivity (Wildman–Crippen MR) is 96.3 cm³/mol. The van der Waals surface area contributed by atoms with E-state index in [1.165, 1.54) is 0 Å². The maximum absolute atomic E-state index is 12.7. The van der Waals surface area contributed by atoms with Crippen LogP contribution in [0.2, 0.25) is 0 Å². The second-order valence-corrected chi connectivity index (χ2v) is 6.70. The number of nitrogens with zero attached hydrogens (tertiary/aromatic N) is 2. The molecule has 0 atom stereocenters. The second-order valence-electron chi connectivity index (χ2n) is 6.70. The number of quaternary nitrogens is 1. The van der Waals surface area contributed by atoms with Gasteiger partial charge in [-0.05, 0) is 19.4 Å². The molecule has 0 unspecified atom stereocenters. The molecule has 1 aliphatic heterocycles. The molecule has 0 aliphatic carbocycles. The van der Waals surface area contributed by atoms with Crippen LogP contribution in [0.15, 0.2) is 28.8 Å². The highest BCUT2D eigenvalue weighted by Crippen LogP contribution is 2.48. The van der Waals surface area contributed by atoms with Crippen molar-refractivity contribution in [1.29, 1.82) is 0 Å². The molecule has 6 heteroatoms. The van der Waals surface area contributed by atoms with Crippen LogP contribution in [0.25, 0.3) is 11.3 Å². The first-order chi connectivity index (χ1) is 11.8. The molecule has 1 amide bonds. The average molecular weight is 340 g/mol. The van der Waals surface area contributed by atoms with Gasteiger partial charge in [-0.3, -0.25) is 14.1 Å². The molecule has 2 aromatic rings. The summed E-state index contributed by atoms with van der Waals surface area (Å²) in [6.07, 6.45) is 1.62. The fraction of sp³-hybridized carbons (Fsp3) is 0.316. The number of benzene rings is 1. The number of primary amides is 1. The number of fused-ring (bicyclic) bond motifs is 1. The number of carbonyl (C=O) groups excluding carboxylic acids is 2. The van der Waals surface area contributed by atoms with Gasteiger partial charge in [-0.25, -0.2) is 0 Å². The fourth-order valence-electron chi connectivity index (χ4n) is 3.59. The first-order valence-corrected chi connectivity index (χ1v) is 8.29. The van der Waals surface area contributed by atoms with Crippen LogP contribution in [-0.2, 0) is 16.0 Å². The molecule has 0 fully saturated rings. The van der Waals surface area contributed by atoms with Crippen molar-refractivity contribution < 1.29 is 14.1 Å². The number of hydrogen-bond acceptors (Lipinski definition) is 4. The van der Waals surface area contributed by atoms with E-state index in [0.717, 1.165) is 35.3 Å². The number of ketones is 1. The standard InChI is InChI=1S/C19H21N3O3/c1-5-8-13-15(11(2)25-21-13)17-16(18(23)19(20)24)12-9-6-7-10-14(12)22(17,3)4/h6-7,9-10H,5,8H2,1-4H3,(H-,20,24)/p+1. The van der Waals surface area contributed by atoms with Crippen molar-refractivity contribution in [3.05, 3.63) is 46.8 Å². The summed E-state index contributed by atoms with van der Waals surface area (Å²) in [7, 11) is 3.97. The van der Waals surface area contributed by atoms with Gasteiger partial charge in [0.05, 0.1) is 25.4 Å². The van der Waals surface area contributed by atoms with Crippen LogP contribution in [0.3, 0.4) is 0 Å². The number of rotatable bonds is 5. The Hall–Kier alpha value is -2.73. The van der Waals surface area contributed by atoms with E-state index in [9.17, 15) is 9.59 Å². The highest BCUT2D eigenvalue weighted by Gasteiger charge is 2.46. The third-order valence-corrected chi connectivity index (χ3v) is 4.68. The minimum Gasteiger partial charge on any atom is -0.363 e. The Morgan fingerprint density at radius 3 is 2.56 bits per heavy atom. The van der Waals surface area contributed by atoms with Crippen molar-refractivity contribution in [2.24, 2.45) is 5.73 Å². The second kappa shape index (κ2) is 5.97. The summed E-state index contributed by atoms with van der Waals surface area (Å²) in [5.41, 5.74) is 9.66. The van der Waals surface area contributed by atoms with Gasteiger partial charge in [-0.2, -0.15) is 0 Å². The van der Waals surface area contributed by atoms with Crippen LogP contribution < -0.4 is 10.2 Å². The molecule has 1 aromatic carbocycles. The molecule has 1 aliphatic rings. The summed E-state index contributed by atoms with van der Waals surface area (Å²) >= 11 is 0. The highest BCUT2D eigenvalue weighted by molar-refractivity contribution is 6.56. The van der Waals surface area contributed by atoms with Gasteiger partial charge >= 0.3 is 0 Å². The predicted octanol–water partition coefficient (Wildman–Crippen LogP) is 2.44. The monoisotopic (exact) mass is 340 g/mol.